The number of fused-ring (bicyclic) bond motifs is 1. The molecule has 0 aromatic carbocycles. The van der Waals surface area contributed by atoms with Gasteiger partial charge in [-0.1, -0.05) is 0 Å². The number of aliphatic hydroxyl groups excluding tert-OH is 2. The van der Waals surface area contributed by atoms with Crippen LogP contribution in [0.4, 0.5) is 0 Å². The summed E-state index contributed by atoms with van der Waals surface area (Å²) in [5.41, 5.74) is 0. The lowest BCUT2D eigenvalue weighted by Crippen LogP contribution is -2.23. The lowest BCUT2D eigenvalue weighted by atomic mass is 10.1. The monoisotopic (exact) mass is 130 g/mol. The summed E-state index contributed by atoms with van der Waals surface area (Å²) >= 11 is 0. The lowest BCUT2D eigenvalue weighted by Gasteiger charge is -2.12. The Morgan fingerprint density at radius 3 is 2.67 bits per heavy atom. The normalized spacial score (nSPS) is 55.3. The summed E-state index contributed by atoms with van der Waals surface area (Å²) in [5.74, 6) is 0.0775. The predicted molar refractivity (Wildman–Crippen MR) is 29.9 cm³/mol. The van der Waals surface area contributed by atoms with E-state index in [4.69, 9.17) is 9.84 Å². The van der Waals surface area contributed by atoms with Crippen molar-refractivity contribution in [3.05, 3.63) is 0 Å². The van der Waals surface area contributed by atoms with E-state index in [1.807, 2.05) is 0 Å². The Labute approximate surface area is 53.3 Å². The van der Waals surface area contributed by atoms with Crippen LogP contribution in [0.2, 0.25) is 0 Å². The van der Waals surface area contributed by atoms with Crippen LogP contribution in [0.25, 0.3) is 0 Å². The molecule has 0 aromatic rings. The smallest absolute Gasteiger partial charge is 0.110 e. The Hall–Kier alpha value is -0.120. The molecule has 0 aromatic heterocycles. The van der Waals surface area contributed by atoms with Crippen LogP contribution in [-0.2, 0) is 4.74 Å². The molecule has 2 rings (SSSR count). The van der Waals surface area contributed by atoms with Gasteiger partial charge in [0.1, 0.15) is 6.10 Å². The van der Waals surface area contributed by atoms with E-state index in [0.717, 1.165) is 6.42 Å². The van der Waals surface area contributed by atoms with Gasteiger partial charge in [-0.15, -0.1) is 0 Å². The van der Waals surface area contributed by atoms with Gasteiger partial charge in [-0.3, -0.25) is 0 Å². The fourth-order valence-electron chi connectivity index (χ4n) is 1.54. The van der Waals surface area contributed by atoms with Gasteiger partial charge in [0.05, 0.1) is 12.2 Å². The fourth-order valence-corrected chi connectivity index (χ4v) is 1.54. The third-order valence-electron chi connectivity index (χ3n) is 2.21. The molecule has 52 valence electrons. The van der Waals surface area contributed by atoms with E-state index in [1.54, 1.807) is 0 Å². The van der Waals surface area contributed by atoms with E-state index in [9.17, 15) is 5.11 Å². The maximum Gasteiger partial charge on any atom is 0.110 e. The van der Waals surface area contributed by atoms with Crippen molar-refractivity contribution in [2.24, 2.45) is 5.92 Å². The topological polar surface area (TPSA) is 53.0 Å². The summed E-state index contributed by atoms with van der Waals surface area (Å²) in [5, 5.41) is 17.9. The van der Waals surface area contributed by atoms with Crippen LogP contribution < -0.4 is 0 Å². The molecule has 2 aliphatic rings. The molecular formula is C6H10O3. The quantitative estimate of drug-likeness (QED) is 0.453. The summed E-state index contributed by atoms with van der Waals surface area (Å²) < 4.78 is 5.04. The highest BCUT2D eigenvalue weighted by molar-refractivity contribution is 5.02. The van der Waals surface area contributed by atoms with Gasteiger partial charge in [-0.2, -0.15) is 0 Å². The zero-order valence-corrected chi connectivity index (χ0v) is 5.03. The van der Waals surface area contributed by atoms with Crippen molar-refractivity contribution in [2.75, 3.05) is 6.61 Å². The van der Waals surface area contributed by atoms with Crippen molar-refractivity contribution in [1.82, 2.24) is 0 Å². The fraction of sp³-hybridized carbons (Fsp3) is 1.00. The van der Waals surface area contributed by atoms with Crippen molar-refractivity contribution in [3.63, 3.8) is 0 Å². The van der Waals surface area contributed by atoms with E-state index in [2.05, 4.69) is 0 Å². The largest absolute Gasteiger partial charge is 0.396 e. The van der Waals surface area contributed by atoms with Gasteiger partial charge in [-0.05, 0) is 6.42 Å². The third kappa shape index (κ3) is 0.689. The average molecular weight is 130 g/mol. The average Bonchev–Trinajstić information content (AvgIpc) is 2.55. The SMILES string of the molecule is OC[C@@H]1C[C@H]2O[C@H]2[C@H]1O. The minimum absolute atomic E-state index is 0.0575. The summed E-state index contributed by atoms with van der Waals surface area (Å²) in [4.78, 5) is 0. The van der Waals surface area contributed by atoms with Gasteiger partial charge in [0.15, 0.2) is 0 Å². The number of aliphatic hydroxyl groups is 2. The second-order valence-corrected chi connectivity index (χ2v) is 2.81. The Morgan fingerprint density at radius 1 is 1.56 bits per heavy atom. The van der Waals surface area contributed by atoms with Gasteiger partial charge in [-0.25, -0.2) is 0 Å². The first-order valence-electron chi connectivity index (χ1n) is 3.27. The molecule has 9 heavy (non-hydrogen) atoms. The molecule has 0 unspecified atom stereocenters. The zero-order chi connectivity index (χ0) is 6.43. The molecule has 1 heterocycles. The first-order chi connectivity index (χ1) is 4.33. The van der Waals surface area contributed by atoms with Crippen molar-refractivity contribution in [3.8, 4) is 0 Å². The van der Waals surface area contributed by atoms with Crippen molar-refractivity contribution in [1.29, 1.82) is 0 Å². The molecule has 0 spiro atoms. The second-order valence-electron chi connectivity index (χ2n) is 2.81. The molecule has 3 nitrogen and oxygen atoms in total. The number of rotatable bonds is 1. The molecule has 1 aliphatic carbocycles. The maximum absolute atomic E-state index is 9.21. The molecule has 0 bridgehead atoms. The maximum atomic E-state index is 9.21. The van der Waals surface area contributed by atoms with Crippen LogP contribution in [0.3, 0.4) is 0 Å². The van der Waals surface area contributed by atoms with Crippen LogP contribution in [0.1, 0.15) is 6.42 Å². The van der Waals surface area contributed by atoms with Gasteiger partial charge in [0, 0.05) is 12.5 Å². The highest BCUT2D eigenvalue weighted by atomic mass is 16.6. The summed E-state index contributed by atoms with van der Waals surface area (Å²) in [6.07, 6.45) is 0.752. The first-order valence-corrected chi connectivity index (χ1v) is 3.27. The Balaban J connectivity index is 1.99. The van der Waals surface area contributed by atoms with E-state index in [1.165, 1.54) is 0 Å². The second kappa shape index (κ2) is 1.68. The van der Waals surface area contributed by atoms with Crippen LogP contribution in [0.15, 0.2) is 0 Å². The van der Waals surface area contributed by atoms with Crippen molar-refractivity contribution in [2.45, 2.75) is 24.7 Å². The van der Waals surface area contributed by atoms with Gasteiger partial charge in [0.2, 0.25) is 0 Å². The number of epoxide rings is 1. The van der Waals surface area contributed by atoms with Crippen molar-refractivity contribution >= 4 is 0 Å². The van der Waals surface area contributed by atoms with Crippen LogP contribution in [0, 0.1) is 5.92 Å². The zero-order valence-electron chi connectivity index (χ0n) is 5.03. The summed E-state index contributed by atoms with van der Waals surface area (Å²) in [7, 11) is 0. The van der Waals surface area contributed by atoms with Gasteiger partial charge < -0.3 is 14.9 Å². The standard InChI is InChI=1S/C6H10O3/c7-2-3-1-4-6(9-4)5(3)8/h3-8H,1-2H2/t3-,4+,5-,6+/m0/s1. The molecule has 1 saturated carbocycles. The molecule has 2 fully saturated rings. The first kappa shape index (κ1) is 5.65. The van der Waals surface area contributed by atoms with E-state index in [-0.39, 0.29) is 24.7 Å². The van der Waals surface area contributed by atoms with E-state index >= 15 is 0 Å². The minimum atomic E-state index is -0.403. The highest BCUT2D eigenvalue weighted by Gasteiger charge is 2.54. The Morgan fingerprint density at radius 2 is 2.33 bits per heavy atom. The Bertz CT molecular complexity index is 125. The van der Waals surface area contributed by atoms with Crippen LogP contribution in [-0.4, -0.2) is 35.1 Å². The number of hydrogen-bond acceptors (Lipinski definition) is 3. The molecule has 2 N–H and O–H groups in total. The molecule has 3 heteroatoms. The number of hydrogen-bond donors (Lipinski definition) is 2. The molecule has 1 saturated heterocycles. The molecule has 1 aliphatic heterocycles. The molecular weight excluding hydrogens is 120 g/mol. The van der Waals surface area contributed by atoms with E-state index < -0.39 is 6.10 Å². The highest BCUT2D eigenvalue weighted by Crippen LogP contribution is 2.41. The Kier molecular flexibility index (Phi) is 1.06. The minimum Gasteiger partial charge on any atom is -0.396 e. The van der Waals surface area contributed by atoms with Crippen LogP contribution >= 0.6 is 0 Å². The number of ether oxygens (including phenoxy) is 1. The summed E-state index contributed by atoms with van der Waals surface area (Å²) in [6.45, 7) is 0.0948. The summed E-state index contributed by atoms with van der Waals surface area (Å²) in [6, 6.07) is 0. The van der Waals surface area contributed by atoms with Crippen LogP contribution in [0.5, 0.6) is 0 Å². The molecule has 0 amide bonds. The lowest BCUT2D eigenvalue weighted by molar-refractivity contribution is 0.0397. The third-order valence-corrected chi connectivity index (χ3v) is 2.21. The molecule has 4 atom stereocenters. The van der Waals surface area contributed by atoms with Crippen molar-refractivity contribution < 1.29 is 14.9 Å². The van der Waals surface area contributed by atoms with Gasteiger partial charge in [0.25, 0.3) is 0 Å². The van der Waals surface area contributed by atoms with E-state index in [0.29, 0.717) is 0 Å². The van der Waals surface area contributed by atoms with Gasteiger partial charge >= 0.3 is 0 Å². The predicted octanol–water partition coefficient (Wildman–Crippen LogP) is -0.873. The molecule has 0 radical (unpaired) electrons.